The molecule has 4 heterocycles. The van der Waals surface area contributed by atoms with Crippen molar-refractivity contribution in [3.05, 3.63) is 24.2 Å². The molecular weight excluding hydrogens is 480 g/mol. The third-order valence-electron chi connectivity index (χ3n) is 7.33. The van der Waals surface area contributed by atoms with Crippen molar-refractivity contribution in [1.29, 1.82) is 0 Å². The number of nitrogens with one attached hydrogen (secondary N) is 5. The van der Waals surface area contributed by atoms with Crippen molar-refractivity contribution in [2.45, 2.75) is 83.0 Å². The number of rotatable bonds is 14. The minimum Gasteiger partial charge on any atom is -0.367 e. The van der Waals surface area contributed by atoms with Gasteiger partial charge in [-0.15, -0.1) is 10.2 Å². The standard InChI is InChI=1S/C26H42N12/c1-2-7-20(8-3-1)29-15-5-12-27-13-6-18-38-36-23(35-37-38)19-31-26-33-24-22(9-4-14-30-24)25(34-26)32-21-10-16-28-17-11-21/h4,9,14,20-21,27-29H,1-3,5-8,10-13,15-19H2,(H2,30,31,32,33,34). The van der Waals surface area contributed by atoms with Crippen molar-refractivity contribution >= 4 is 22.8 Å². The van der Waals surface area contributed by atoms with E-state index in [1.165, 1.54) is 32.1 Å². The van der Waals surface area contributed by atoms with Crippen molar-refractivity contribution in [3.63, 3.8) is 0 Å². The van der Waals surface area contributed by atoms with Gasteiger partial charge in [0.1, 0.15) is 5.82 Å². The minimum atomic E-state index is 0.386. The Morgan fingerprint density at radius 2 is 1.82 bits per heavy atom. The van der Waals surface area contributed by atoms with Crippen LogP contribution in [0.3, 0.4) is 0 Å². The molecule has 0 radical (unpaired) electrons. The lowest BCUT2D eigenvalue weighted by atomic mass is 9.95. The Labute approximate surface area is 224 Å². The Bertz CT molecular complexity index is 1110. The molecule has 1 aliphatic heterocycles. The molecule has 12 nitrogen and oxygen atoms in total. The second kappa shape index (κ2) is 14.3. The number of fused-ring (bicyclic) bond motifs is 1. The summed E-state index contributed by atoms with van der Waals surface area (Å²) in [5.41, 5.74) is 0.662. The first-order valence-corrected chi connectivity index (χ1v) is 14.4. The summed E-state index contributed by atoms with van der Waals surface area (Å²) in [6.07, 6.45) is 12.9. The highest BCUT2D eigenvalue weighted by Crippen LogP contribution is 2.22. The molecule has 0 aromatic carbocycles. The topological polar surface area (TPSA) is 142 Å². The van der Waals surface area contributed by atoms with Crippen LogP contribution in [0.15, 0.2) is 18.3 Å². The summed E-state index contributed by atoms with van der Waals surface area (Å²) in [4.78, 5) is 15.4. The van der Waals surface area contributed by atoms with Gasteiger partial charge in [-0.1, -0.05) is 19.3 Å². The molecule has 1 saturated heterocycles. The first kappa shape index (κ1) is 26.6. The van der Waals surface area contributed by atoms with E-state index in [1.807, 2.05) is 12.1 Å². The van der Waals surface area contributed by atoms with Crippen molar-refractivity contribution in [2.24, 2.45) is 0 Å². The average molecular weight is 523 g/mol. The van der Waals surface area contributed by atoms with Crippen LogP contribution in [-0.2, 0) is 13.1 Å². The smallest absolute Gasteiger partial charge is 0.227 e. The molecule has 2 fully saturated rings. The van der Waals surface area contributed by atoms with Crippen molar-refractivity contribution < 1.29 is 0 Å². The highest BCUT2D eigenvalue weighted by Gasteiger charge is 2.16. The lowest BCUT2D eigenvalue weighted by Crippen LogP contribution is -2.35. The van der Waals surface area contributed by atoms with Gasteiger partial charge in [-0.05, 0) is 88.6 Å². The summed E-state index contributed by atoms with van der Waals surface area (Å²) in [7, 11) is 0. The quantitative estimate of drug-likeness (QED) is 0.199. The van der Waals surface area contributed by atoms with E-state index in [-0.39, 0.29) is 0 Å². The lowest BCUT2D eigenvalue weighted by molar-refractivity contribution is 0.370. The van der Waals surface area contributed by atoms with E-state index in [0.717, 1.165) is 82.2 Å². The van der Waals surface area contributed by atoms with E-state index in [4.69, 9.17) is 4.98 Å². The SMILES string of the molecule is c1cnc2nc(NCc3nnn(CCCNCCCNC4CCCCC4)n3)nc(NC3CCNCC3)c2c1. The normalized spacial score (nSPS) is 17.2. The molecule has 0 bridgehead atoms. The zero-order valence-electron chi connectivity index (χ0n) is 22.3. The van der Waals surface area contributed by atoms with Gasteiger partial charge in [0.05, 0.1) is 18.5 Å². The van der Waals surface area contributed by atoms with Crippen LogP contribution in [0.5, 0.6) is 0 Å². The van der Waals surface area contributed by atoms with E-state index >= 15 is 0 Å². The number of tetrazole rings is 1. The molecule has 5 N–H and O–H groups in total. The van der Waals surface area contributed by atoms with Crippen LogP contribution in [0, 0.1) is 0 Å². The van der Waals surface area contributed by atoms with Crippen LogP contribution in [0.2, 0.25) is 0 Å². The molecule has 3 aromatic rings. The molecule has 5 rings (SSSR count). The number of piperidine rings is 1. The lowest BCUT2D eigenvalue weighted by Gasteiger charge is -2.24. The summed E-state index contributed by atoms with van der Waals surface area (Å²) in [5, 5.41) is 31.3. The van der Waals surface area contributed by atoms with E-state index in [0.29, 0.717) is 30.0 Å². The number of aromatic nitrogens is 7. The number of nitrogens with zero attached hydrogens (tertiary/aromatic N) is 7. The van der Waals surface area contributed by atoms with Gasteiger partial charge in [0.15, 0.2) is 11.5 Å². The molecule has 1 aliphatic carbocycles. The first-order chi connectivity index (χ1) is 18.8. The van der Waals surface area contributed by atoms with E-state index < -0.39 is 0 Å². The van der Waals surface area contributed by atoms with Gasteiger partial charge < -0.3 is 26.6 Å². The van der Waals surface area contributed by atoms with Gasteiger partial charge in [-0.3, -0.25) is 0 Å². The van der Waals surface area contributed by atoms with Crippen LogP contribution in [-0.4, -0.2) is 80.0 Å². The molecule has 0 atom stereocenters. The maximum Gasteiger partial charge on any atom is 0.227 e. The molecule has 3 aromatic heterocycles. The molecular formula is C26H42N12. The Kier molecular flexibility index (Phi) is 10.00. The average Bonchev–Trinajstić information content (AvgIpc) is 3.42. The molecule has 0 unspecified atom stereocenters. The monoisotopic (exact) mass is 522 g/mol. The van der Waals surface area contributed by atoms with Crippen LogP contribution in [0.4, 0.5) is 11.8 Å². The summed E-state index contributed by atoms with van der Waals surface area (Å²) in [6, 6.07) is 5.05. The predicted octanol–water partition coefficient (Wildman–Crippen LogP) is 2.08. The fourth-order valence-electron chi connectivity index (χ4n) is 5.21. The highest BCUT2D eigenvalue weighted by atomic mass is 15.6. The Balaban J connectivity index is 1.03. The van der Waals surface area contributed by atoms with Crippen molar-refractivity contribution in [3.8, 4) is 0 Å². The van der Waals surface area contributed by atoms with Gasteiger partial charge in [0, 0.05) is 18.3 Å². The third kappa shape index (κ3) is 8.02. The van der Waals surface area contributed by atoms with Gasteiger partial charge in [-0.2, -0.15) is 14.8 Å². The minimum absolute atomic E-state index is 0.386. The van der Waals surface area contributed by atoms with Crippen LogP contribution in [0.25, 0.3) is 11.0 Å². The molecule has 38 heavy (non-hydrogen) atoms. The van der Waals surface area contributed by atoms with Crippen molar-refractivity contribution in [1.82, 2.24) is 51.1 Å². The molecule has 0 spiro atoms. The third-order valence-corrected chi connectivity index (χ3v) is 7.33. The Morgan fingerprint density at radius 1 is 0.947 bits per heavy atom. The fourth-order valence-corrected chi connectivity index (χ4v) is 5.21. The summed E-state index contributed by atoms with van der Waals surface area (Å²) in [6.45, 7) is 6.25. The van der Waals surface area contributed by atoms with Crippen LogP contribution in [0.1, 0.15) is 63.6 Å². The maximum absolute atomic E-state index is 4.75. The number of pyridine rings is 1. The van der Waals surface area contributed by atoms with Gasteiger partial charge in [0.25, 0.3) is 0 Å². The zero-order valence-corrected chi connectivity index (χ0v) is 22.3. The number of aryl methyl sites for hydroxylation is 1. The van der Waals surface area contributed by atoms with E-state index in [2.05, 4.69) is 52.0 Å². The van der Waals surface area contributed by atoms with Crippen molar-refractivity contribution in [2.75, 3.05) is 43.4 Å². The number of hydrogen-bond acceptors (Lipinski definition) is 11. The second-order valence-corrected chi connectivity index (χ2v) is 10.3. The Morgan fingerprint density at radius 3 is 2.71 bits per heavy atom. The summed E-state index contributed by atoms with van der Waals surface area (Å²) < 4.78 is 0. The number of hydrogen-bond donors (Lipinski definition) is 5. The molecule has 206 valence electrons. The van der Waals surface area contributed by atoms with Gasteiger partial charge in [-0.25, -0.2) is 4.98 Å². The molecule has 12 heteroatoms. The first-order valence-electron chi connectivity index (χ1n) is 14.4. The molecule has 2 aliphatic rings. The number of anilines is 2. The van der Waals surface area contributed by atoms with Gasteiger partial charge >= 0.3 is 0 Å². The highest BCUT2D eigenvalue weighted by molar-refractivity contribution is 5.87. The fraction of sp³-hybridized carbons (Fsp3) is 0.692. The maximum atomic E-state index is 4.75. The van der Waals surface area contributed by atoms with E-state index in [1.54, 1.807) is 11.0 Å². The largest absolute Gasteiger partial charge is 0.367 e. The van der Waals surface area contributed by atoms with E-state index in [9.17, 15) is 0 Å². The van der Waals surface area contributed by atoms with Crippen LogP contribution < -0.4 is 26.6 Å². The predicted molar refractivity (Wildman–Crippen MR) is 149 cm³/mol. The zero-order chi connectivity index (χ0) is 25.8. The van der Waals surface area contributed by atoms with Gasteiger partial charge in [0.2, 0.25) is 5.95 Å². The summed E-state index contributed by atoms with van der Waals surface area (Å²) >= 11 is 0. The summed E-state index contributed by atoms with van der Waals surface area (Å²) in [5.74, 6) is 1.93. The molecule has 1 saturated carbocycles. The van der Waals surface area contributed by atoms with Crippen LogP contribution >= 0.6 is 0 Å². The second-order valence-electron chi connectivity index (χ2n) is 10.3. The Hall–Kier alpha value is -2.96. The molecule has 0 amide bonds.